The van der Waals surface area contributed by atoms with Crippen LogP contribution in [0.5, 0.6) is 0 Å². The Morgan fingerprint density at radius 3 is 2.68 bits per heavy atom. The van der Waals surface area contributed by atoms with Crippen molar-refractivity contribution in [2.24, 2.45) is 0 Å². The molecule has 0 saturated carbocycles. The molecule has 1 aromatic heterocycles. The third-order valence-corrected chi connectivity index (χ3v) is 5.81. The molecule has 2 aromatic rings. The fraction of sp³-hybridized carbons (Fsp3) is 0.500. The van der Waals surface area contributed by atoms with Crippen LogP contribution in [0.4, 0.5) is 0 Å². The first-order valence-corrected chi connectivity index (χ1v) is 9.78. The summed E-state index contributed by atoms with van der Waals surface area (Å²) in [6, 6.07) is 7.88. The lowest BCUT2D eigenvalue weighted by Gasteiger charge is -2.18. The number of benzene rings is 1. The van der Waals surface area contributed by atoms with E-state index in [1.54, 1.807) is 11.3 Å². The molecular weight excluding hydrogens is 332 g/mol. The van der Waals surface area contributed by atoms with E-state index in [1.807, 2.05) is 50.1 Å². The van der Waals surface area contributed by atoms with Crippen LogP contribution >= 0.6 is 11.3 Å². The van der Waals surface area contributed by atoms with Crippen molar-refractivity contribution in [3.8, 4) is 10.4 Å². The number of nitrogens with zero attached hydrogens (tertiary/aromatic N) is 2. The van der Waals surface area contributed by atoms with Crippen LogP contribution in [0, 0.1) is 13.8 Å². The maximum Gasteiger partial charge on any atom is 0.253 e. The highest BCUT2D eigenvalue weighted by Crippen LogP contribution is 2.29. The molecule has 1 aliphatic rings. The summed E-state index contributed by atoms with van der Waals surface area (Å²) in [4.78, 5) is 20.0. The van der Waals surface area contributed by atoms with E-state index in [2.05, 4.69) is 4.98 Å². The van der Waals surface area contributed by atoms with Crippen LogP contribution in [-0.4, -0.2) is 42.1 Å². The van der Waals surface area contributed by atoms with E-state index in [4.69, 9.17) is 4.74 Å². The van der Waals surface area contributed by atoms with Gasteiger partial charge < -0.3 is 9.64 Å². The van der Waals surface area contributed by atoms with Crippen molar-refractivity contribution in [1.82, 2.24) is 9.88 Å². The van der Waals surface area contributed by atoms with Crippen molar-refractivity contribution in [3.05, 3.63) is 40.5 Å². The molecule has 0 aliphatic carbocycles. The topological polar surface area (TPSA) is 42.4 Å². The minimum atomic E-state index is 0.0797. The Morgan fingerprint density at radius 2 is 2.08 bits per heavy atom. The molecular formula is C20H26N2O2S. The van der Waals surface area contributed by atoms with Crippen LogP contribution in [0.1, 0.15) is 46.7 Å². The van der Waals surface area contributed by atoms with Crippen LogP contribution in [0.3, 0.4) is 0 Å². The SMILES string of the molecule is Cc1nc(C)c(-c2ccc(C(=O)N(C)CCCC3CCCO3)cc2)s1. The first-order valence-electron chi connectivity index (χ1n) is 8.96. The van der Waals surface area contributed by atoms with Crippen molar-refractivity contribution in [2.45, 2.75) is 45.6 Å². The Bertz CT molecular complexity index is 718. The van der Waals surface area contributed by atoms with Crippen molar-refractivity contribution in [2.75, 3.05) is 20.2 Å². The van der Waals surface area contributed by atoms with Gasteiger partial charge in [-0.15, -0.1) is 11.3 Å². The highest BCUT2D eigenvalue weighted by molar-refractivity contribution is 7.15. The number of carbonyl (C=O) groups excluding carboxylic acids is 1. The maximum absolute atomic E-state index is 12.6. The summed E-state index contributed by atoms with van der Waals surface area (Å²) in [6.07, 6.45) is 4.76. The first-order chi connectivity index (χ1) is 12.0. The number of amides is 1. The second-order valence-electron chi connectivity index (χ2n) is 6.73. The van der Waals surface area contributed by atoms with Gasteiger partial charge in [-0.3, -0.25) is 4.79 Å². The number of aryl methyl sites for hydroxylation is 2. The van der Waals surface area contributed by atoms with Crippen molar-refractivity contribution in [3.63, 3.8) is 0 Å². The van der Waals surface area contributed by atoms with Crippen LogP contribution in [0.25, 0.3) is 10.4 Å². The van der Waals surface area contributed by atoms with E-state index < -0.39 is 0 Å². The smallest absolute Gasteiger partial charge is 0.253 e. The van der Waals surface area contributed by atoms with E-state index in [9.17, 15) is 4.79 Å². The Kier molecular flexibility index (Phi) is 5.86. The van der Waals surface area contributed by atoms with Gasteiger partial charge >= 0.3 is 0 Å². The average molecular weight is 359 g/mol. The monoisotopic (exact) mass is 358 g/mol. The maximum atomic E-state index is 12.6. The molecule has 1 fully saturated rings. The van der Waals surface area contributed by atoms with Gasteiger partial charge in [0.05, 0.1) is 21.7 Å². The number of ether oxygens (including phenoxy) is 1. The van der Waals surface area contributed by atoms with Crippen LogP contribution in [0.2, 0.25) is 0 Å². The average Bonchev–Trinajstić information content (AvgIpc) is 3.23. The number of hydrogen-bond acceptors (Lipinski definition) is 4. The van der Waals surface area contributed by atoms with E-state index in [0.29, 0.717) is 6.10 Å². The second kappa shape index (κ2) is 8.11. The van der Waals surface area contributed by atoms with E-state index >= 15 is 0 Å². The predicted octanol–water partition coefficient (Wildman–Crippen LogP) is 4.46. The van der Waals surface area contributed by atoms with Gasteiger partial charge in [0.25, 0.3) is 5.91 Å². The van der Waals surface area contributed by atoms with Gasteiger partial charge in [0.2, 0.25) is 0 Å². The zero-order chi connectivity index (χ0) is 17.8. The molecule has 0 radical (unpaired) electrons. The lowest BCUT2D eigenvalue weighted by Crippen LogP contribution is -2.28. The Balaban J connectivity index is 1.57. The van der Waals surface area contributed by atoms with Crippen LogP contribution in [0.15, 0.2) is 24.3 Å². The molecule has 1 aliphatic heterocycles. The number of aromatic nitrogens is 1. The summed E-state index contributed by atoms with van der Waals surface area (Å²) >= 11 is 1.69. The molecule has 0 spiro atoms. The molecule has 134 valence electrons. The number of rotatable bonds is 6. The molecule has 1 saturated heterocycles. The fourth-order valence-electron chi connectivity index (χ4n) is 3.31. The number of thiazole rings is 1. The van der Waals surface area contributed by atoms with Gasteiger partial charge in [0, 0.05) is 25.8 Å². The largest absolute Gasteiger partial charge is 0.378 e. The van der Waals surface area contributed by atoms with Crippen LogP contribution in [-0.2, 0) is 4.74 Å². The summed E-state index contributed by atoms with van der Waals surface area (Å²) < 4.78 is 5.64. The summed E-state index contributed by atoms with van der Waals surface area (Å²) in [5.74, 6) is 0.0797. The molecule has 1 unspecified atom stereocenters. The molecule has 1 aromatic carbocycles. The van der Waals surface area contributed by atoms with E-state index in [1.165, 1.54) is 11.3 Å². The van der Waals surface area contributed by atoms with Gasteiger partial charge in [-0.05, 0) is 57.2 Å². The van der Waals surface area contributed by atoms with Crippen molar-refractivity contribution < 1.29 is 9.53 Å². The molecule has 0 N–H and O–H groups in total. The van der Waals surface area contributed by atoms with Crippen molar-refractivity contribution >= 4 is 17.2 Å². The Labute approximate surface area is 153 Å². The molecule has 5 heteroatoms. The lowest BCUT2D eigenvalue weighted by atomic mass is 10.1. The second-order valence-corrected chi connectivity index (χ2v) is 7.93. The molecule has 4 nitrogen and oxygen atoms in total. The molecule has 0 bridgehead atoms. The summed E-state index contributed by atoms with van der Waals surface area (Å²) in [6.45, 7) is 5.71. The van der Waals surface area contributed by atoms with E-state index in [-0.39, 0.29) is 5.91 Å². The molecule has 1 amide bonds. The van der Waals surface area contributed by atoms with E-state index in [0.717, 1.165) is 54.2 Å². The minimum absolute atomic E-state index is 0.0797. The molecule has 1 atom stereocenters. The van der Waals surface area contributed by atoms with Gasteiger partial charge in [-0.25, -0.2) is 4.98 Å². The quantitative estimate of drug-likeness (QED) is 0.766. The number of carbonyl (C=O) groups is 1. The summed E-state index contributed by atoms with van der Waals surface area (Å²) in [7, 11) is 1.88. The lowest BCUT2D eigenvalue weighted by molar-refractivity contribution is 0.0763. The normalized spacial score (nSPS) is 17.0. The van der Waals surface area contributed by atoms with Gasteiger partial charge in [-0.1, -0.05) is 12.1 Å². The Hall–Kier alpha value is -1.72. The zero-order valence-corrected chi connectivity index (χ0v) is 16.1. The summed E-state index contributed by atoms with van der Waals surface area (Å²) in [5.41, 5.74) is 2.91. The zero-order valence-electron chi connectivity index (χ0n) is 15.2. The standard InChI is InChI=1S/C20H26N2O2S/c1-14-19(25-15(2)21-14)16-8-10-17(11-9-16)20(23)22(3)12-4-6-18-7-5-13-24-18/h8-11,18H,4-7,12-13H2,1-3H3. The molecule has 3 rings (SSSR count). The highest BCUT2D eigenvalue weighted by atomic mass is 32.1. The minimum Gasteiger partial charge on any atom is -0.378 e. The Morgan fingerprint density at radius 1 is 1.32 bits per heavy atom. The molecule has 25 heavy (non-hydrogen) atoms. The van der Waals surface area contributed by atoms with Gasteiger partial charge in [0.15, 0.2) is 0 Å². The molecule has 2 heterocycles. The van der Waals surface area contributed by atoms with Crippen LogP contribution < -0.4 is 0 Å². The first kappa shape index (κ1) is 18.1. The summed E-state index contributed by atoms with van der Waals surface area (Å²) in [5, 5.41) is 1.07. The predicted molar refractivity (Wildman–Crippen MR) is 102 cm³/mol. The third-order valence-electron chi connectivity index (χ3n) is 4.69. The van der Waals surface area contributed by atoms with Gasteiger partial charge in [0.1, 0.15) is 0 Å². The van der Waals surface area contributed by atoms with Gasteiger partial charge in [-0.2, -0.15) is 0 Å². The number of hydrogen-bond donors (Lipinski definition) is 0. The third kappa shape index (κ3) is 4.47. The highest BCUT2D eigenvalue weighted by Gasteiger charge is 2.17. The van der Waals surface area contributed by atoms with Crippen molar-refractivity contribution in [1.29, 1.82) is 0 Å². The fourth-order valence-corrected chi connectivity index (χ4v) is 4.24.